The Kier molecular flexibility index (Phi) is 4.65. The predicted molar refractivity (Wildman–Crippen MR) is 65.5 cm³/mol. The average molecular weight is 241 g/mol. The zero-order chi connectivity index (χ0) is 13.1. The Morgan fingerprint density at radius 1 is 1.41 bits per heavy atom. The zero-order valence-corrected chi connectivity index (χ0v) is 11.4. The molecule has 1 aromatic rings. The molecular weight excluding hydrogens is 218 g/mol. The largest absolute Gasteiger partial charge is 0.373 e. The monoisotopic (exact) mass is 241 g/mol. The van der Waals surface area contributed by atoms with E-state index in [-0.39, 0.29) is 17.6 Å². The van der Waals surface area contributed by atoms with Gasteiger partial charge in [-0.1, -0.05) is 32.9 Å². The van der Waals surface area contributed by atoms with Gasteiger partial charge >= 0.3 is 0 Å². The SMILES string of the molecule is CCC(OC)c1noc(CC(N)C(C)(C)C)n1. The first-order valence-corrected chi connectivity index (χ1v) is 5.99. The summed E-state index contributed by atoms with van der Waals surface area (Å²) < 4.78 is 10.4. The van der Waals surface area contributed by atoms with Crippen LogP contribution in [-0.4, -0.2) is 23.3 Å². The van der Waals surface area contributed by atoms with Crippen LogP contribution in [0.1, 0.15) is 51.9 Å². The molecule has 0 aliphatic rings. The number of hydrogen-bond donors (Lipinski definition) is 1. The van der Waals surface area contributed by atoms with E-state index >= 15 is 0 Å². The summed E-state index contributed by atoms with van der Waals surface area (Å²) in [6, 6.07) is -0.00146. The fraction of sp³-hybridized carbons (Fsp3) is 0.833. The van der Waals surface area contributed by atoms with Crippen molar-refractivity contribution in [2.45, 2.75) is 52.7 Å². The molecule has 0 aromatic carbocycles. The maximum Gasteiger partial charge on any atom is 0.228 e. The van der Waals surface area contributed by atoms with Crippen LogP contribution in [0.15, 0.2) is 4.52 Å². The molecule has 0 saturated heterocycles. The van der Waals surface area contributed by atoms with Gasteiger partial charge in [0.2, 0.25) is 11.7 Å². The Hall–Kier alpha value is -0.940. The highest BCUT2D eigenvalue weighted by atomic mass is 16.5. The summed E-state index contributed by atoms with van der Waals surface area (Å²) >= 11 is 0. The summed E-state index contributed by atoms with van der Waals surface area (Å²) in [5.41, 5.74) is 6.10. The second kappa shape index (κ2) is 5.60. The Morgan fingerprint density at radius 3 is 2.53 bits per heavy atom. The normalized spacial score (nSPS) is 15.9. The number of nitrogens with two attached hydrogens (primary N) is 1. The maximum absolute atomic E-state index is 6.07. The van der Waals surface area contributed by atoms with Crippen LogP contribution >= 0.6 is 0 Å². The van der Waals surface area contributed by atoms with Gasteiger partial charge in [-0.25, -0.2) is 0 Å². The van der Waals surface area contributed by atoms with Crippen LogP contribution in [0.5, 0.6) is 0 Å². The lowest BCUT2D eigenvalue weighted by Crippen LogP contribution is -2.37. The van der Waals surface area contributed by atoms with Crippen molar-refractivity contribution >= 4 is 0 Å². The molecule has 2 N–H and O–H groups in total. The lowest BCUT2D eigenvalue weighted by Gasteiger charge is -2.25. The lowest BCUT2D eigenvalue weighted by molar-refractivity contribution is 0.0903. The molecule has 1 heterocycles. The van der Waals surface area contributed by atoms with E-state index < -0.39 is 0 Å². The van der Waals surface area contributed by atoms with Crippen LogP contribution in [0.4, 0.5) is 0 Å². The van der Waals surface area contributed by atoms with Crippen LogP contribution < -0.4 is 5.73 Å². The summed E-state index contributed by atoms with van der Waals surface area (Å²) in [7, 11) is 1.64. The molecule has 1 aromatic heterocycles. The van der Waals surface area contributed by atoms with E-state index in [0.29, 0.717) is 18.1 Å². The van der Waals surface area contributed by atoms with E-state index in [4.69, 9.17) is 15.0 Å². The molecule has 0 fully saturated rings. The number of aromatic nitrogens is 2. The van der Waals surface area contributed by atoms with Crippen LogP contribution in [-0.2, 0) is 11.2 Å². The molecule has 0 radical (unpaired) electrons. The van der Waals surface area contributed by atoms with Gasteiger partial charge in [0, 0.05) is 19.6 Å². The second-order valence-corrected chi connectivity index (χ2v) is 5.36. The Balaban J connectivity index is 2.69. The molecule has 0 spiro atoms. The van der Waals surface area contributed by atoms with Crippen LogP contribution in [0.2, 0.25) is 0 Å². The summed E-state index contributed by atoms with van der Waals surface area (Å²) in [5, 5.41) is 3.93. The summed E-state index contributed by atoms with van der Waals surface area (Å²) in [6.07, 6.45) is 1.32. The van der Waals surface area contributed by atoms with Gasteiger partial charge < -0.3 is 15.0 Å². The smallest absolute Gasteiger partial charge is 0.228 e. The minimum atomic E-state index is -0.0987. The molecule has 0 aliphatic heterocycles. The van der Waals surface area contributed by atoms with E-state index in [1.54, 1.807) is 7.11 Å². The molecule has 17 heavy (non-hydrogen) atoms. The van der Waals surface area contributed by atoms with Crippen molar-refractivity contribution in [2.75, 3.05) is 7.11 Å². The number of hydrogen-bond acceptors (Lipinski definition) is 5. The minimum Gasteiger partial charge on any atom is -0.373 e. The molecule has 2 atom stereocenters. The maximum atomic E-state index is 6.07. The zero-order valence-electron chi connectivity index (χ0n) is 11.4. The lowest BCUT2D eigenvalue weighted by atomic mass is 9.85. The highest BCUT2D eigenvalue weighted by Gasteiger charge is 2.24. The summed E-state index contributed by atoms with van der Waals surface area (Å²) in [5.74, 6) is 1.18. The first-order valence-electron chi connectivity index (χ1n) is 5.99. The van der Waals surface area contributed by atoms with Gasteiger partial charge in [0.05, 0.1) is 0 Å². The van der Waals surface area contributed by atoms with E-state index in [9.17, 15) is 0 Å². The van der Waals surface area contributed by atoms with Gasteiger partial charge in [0.25, 0.3) is 0 Å². The highest BCUT2D eigenvalue weighted by Crippen LogP contribution is 2.21. The van der Waals surface area contributed by atoms with Crippen LogP contribution in [0.25, 0.3) is 0 Å². The first kappa shape index (κ1) is 14.1. The van der Waals surface area contributed by atoms with Crippen molar-refractivity contribution in [2.24, 2.45) is 11.1 Å². The number of methoxy groups -OCH3 is 1. The Morgan fingerprint density at radius 2 is 2.06 bits per heavy atom. The van der Waals surface area contributed by atoms with Gasteiger partial charge in [-0.2, -0.15) is 4.98 Å². The second-order valence-electron chi connectivity index (χ2n) is 5.36. The fourth-order valence-electron chi connectivity index (χ4n) is 1.43. The molecular formula is C12H23N3O2. The topological polar surface area (TPSA) is 74.2 Å². The third-order valence-corrected chi connectivity index (χ3v) is 2.93. The highest BCUT2D eigenvalue weighted by molar-refractivity contribution is 4.94. The molecule has 98 valence electrons. The van der Waals surface area contributed by atoms with Crippen molar-refractivity contribution in [3.63, 3.8) is 0 Å². The van der Waals surface area contributed by atoms with E-state index in [2.05, 4.69) is 30.9 Å². The van der Waals surface area contributed by atoms with Gasteiger partial charge in [-0.05, 0) is 11.8 Å². The molecule has 0 aliphatic carbocycles. The van der Waals surface area contributed by atoms with Gasteiger partial charge in [0.1, 0.15) is 6.10 Å². The standard InChI is InChI=1S/C12H23N3O2/c1-6-8(16-5)11-14-10(17-15-11)7-9(13)12(2,3)4/h8-9H,6-7,13H2,1-5H3. The molecule has 2 unspecified atom stereocenters. The fourth-order valence-corrected chi connectivity index (χ4v) is 1.43. The summed E-state index contributed by atoms with van der Waals surface area (Å²) in [6.45, 7) is 8.31. The minimum absolute atomic E-state index is 0.00146. The van der Waals surface area contributed by atoms with Gasteiger partial charge in [-0.15, -0.1) is 0 Å². The quantitative estimate of drug-likeness (QED) is 0.854. The third-order valence-electron chi connectivity index (χ3n) is 2.93. The van der Waals surface area contributed by atoms with Crippen LogP contribution in [0, 0.1) is 5.41 Å². The van der Waals surface area contributed by atoms with E-state index in [0.717, 1.165) is 6.42 Å². The molecule has 5 heteroatoms. The van der Waals surface area contributed by atoms with Crippen molar-refractivity contribution < 1.29 is 9.26 Å². The molecule has 0 saturated carbocycles. The molecule has 5 nitrogen and oxygen atoms in total. The number of nitrogens with zero attached hydrogens (tertiary/aromatic N) is 2. The molecule has 0 amide bonds. The third kappa shape index (κ3) is 3.78. The molecule has 1 rings (SSSR count). The Labute approximate surface area is 103 Å². The van der Waals surface area contributed by atoms with Crippen molar-refractivity contribution in [3.8, 4) is 0 Å². The van der Waals surface area contributed by atoms with E-state index in [1.807, 2.05) is 6.92 Å². The average Bonchev–Trinajstić information content (AvgIpc) is 2.67. The van der Waals surface area contributed by atoms with Gasteiger partial charge in [-0.3, -0.25) is 0 Å². The number of rotatable bonds is 5. The van der Waals surface area contributed by atoms with E-state index in [1.165, 1.54) is 0 Å². The summed E-state index contributed by atoms with van der Waals surface area (Å²) in [4.78, 5) is 4.32. The Bertz CT molecular complexity index is 340. The van der Waals surface area contributed by atoms with Crippen molar-refractivity contribution in [1.82, 2.24) is 10.1 Å². The first-order chi connectivity index (χ1) is 7.88. The van der Waals surface area contributed by atoms with Crippen LogP contribution in [0.3, 0.4) is 0 Å². The van der Waals surface area contributed by atoms with Gasteiger partial charge in [0.15, 0.2) is 0 Å². The van der Waals surface area contributed by atoms with Crippen molar-refractivity contribution in [1.29, 1.82) is 0 Å². The predicted octanol–water partition coefficient (Wildman–Crippen LogP) is 2.08. The molecule has 0 bridgehead atoms. The number of ether oxygens (including phenoxy) is 1. The van der Waals surface area contributed by atoms with Crippen molar-refractivity contribution in [3.05, 3.63) is 11.7 Å².